The molecule has 0 bridgehead atoms. The number of furan rings is 1. The molecule has 0 aliphatic heterocycles. The lowest BCUT2D eigenvalue weighted by Gasteiger charge is -2.21. The highest BCUT2D eigenvalue weighted by Gasteiger charge is 2.26. The van der Waals surface area contributed by atoms with E-state index in [2.05, 4.69) is 10.6 Å². The van der Waals surface area contributed by atoms with Crippen LogP contribution in [0.5, 0.6) is 5.75 Å². The van der Waals surface area contributed by atoms with Crippen LogP contribution >= 0.6 is 11.6 Å². The van der Waals surface area contributed by atoms with Crippen molar-refractivity contribution < 1.29 is 14.3 Å². The summed E-state index contributed by atoms with van der Waals surface area (Å²) in [6, 6.07) is 5.80. The quantitative estimate of drug-likeness (QED) is 0.399. The van der Waals surface area contributed by atoms with E-state index < -0.39 is 16.8 Å². The van der Waals surface area contributed by atoms with Gasteiger partial charge in [0.1, 0.15) is 23.4 Å². The van der Waals surface area contributed by atoms with Crippen LogP contribution in [0.1, 0.15) is 35.5 Å². The topological polar surface area (TPSA) is 112 Å². The predicted molar refractivity (Wildman–Crippen MR) is 111 cm³/mol. The zero-order chi connectivity index (χ0) is 21.3. The van der Waals surface area contributed by atoms with Crippen molar-refractivity contribution in [1.29, 1.82) is 0 Å². The molecule has 0 saturated carbocycles. The lowest BCUT2D eigenvalue weighted by atomic mass is 10.1. The van der Waals surface area contributed by atoms with Crippen molar-refractivity contribution in [2.24, 2.45) is 0 Å². The molecule has 152 valence electrons. The standard InChI is InChI=1S/C20H20ClN3O5/c1-4-12(14-8-10(21)9-29-14)22-15-16(19(27)18(15)26)23-13-7-5-6-11(17(13)25)20(28)24(2)3/h5-9,12,22-23,25H,4H2,1-3H3/t12-/m1/s1. The SMILES string of the molecule is CC[C@@H](Nc1c(Nc2cccc(C(=O)N(C)C)c2O)c(=O)c1=O)c1cc(Cl)co1. The maximum absolute atomic E-state index is 12.2. The highest BCUT2D eigenvalue weighted by atomic mass is 35.5. The van der Waals surface area contributed by atoms with Gasteiger partial charge in [0.15, 0.2) is 5.75 Å². The number of rotatable bonds is 7. The van der Waals surface area contributed by atoms with Crippen LogP contribution in [0, 0.1) is 0 Å². The van der Waals surface area contributed by atoms with Crippen molar-refractivity contribution in [3.05, 3.63) is 67.3 Å². The number of phenols is 1. The monoisotopic (exact) mass is 417 g/mol. The Morgan fingerprint density at radius 1 is 1.24 bits per heavy atom. The smallest absolute Gasteiger partial charge is 0.257 e. The zero-order valence-electron chi connectivity index (χ0n) is 16.1. The second-order valence-electron chi connectivity index (χ2n) is 6.71. The van der Waals surface area contributed by atoms with Crippen LogP contribution in [0.15, 0.2) is 44.5 Å². The van der Waals surface area contributed by atoms with Crippen LogP contribution in [0.3, 0.4) is 0 Å². The highest BCUT2D eigenvalue weighted by molar-refractivity contribution is 6.30. The molecule has 1 aromatic heterocycles. The molecule has 0 radical (unpaired) electrons. The maximum atomic E-state index is 12.2. The van der Waals surface area contributed by atoms with E-state index in [1.165, 1.54) is 23.3 Å². The third-order valence-electron chi connectivity index (χ3n) is 4.50. The van der Waals surface area contributed by atoms with Gasteiger partial charge in [-0.2, -0.15) is 0 Å². The van der Waals surface area contributed by atoms with Crippen molar-refractivity contribution in [2.45, 2.75) is 19.4 Å². The van der Waals surface area contributed by atoms with Crippen LogP contribution in [-0.2, 0) is 0 Å². The van der Waals surface area contributed by atoms with E-state index in [0.717, 1.165) is 0 Å². The number of carbonyl (C=O) groups excluding carboxylic acids is 1. The van der Waals surface area contributed by atoms with Crippen LogP contribution < -0.4 is 21.5 Å². The summed E-state index contributed by atoms with van der Waals surface area (Å²) in [7, 11) is 3.12. The molecule has 0 spiro atoms. The summed E-state index contributed by atoms with van der Waals surface area (Å²) in [4.78, 5) is 37.7. The molecule has 1 heterocycles. The fourth-order valence-electron chi connectivity index (χ4n) is 2.90. The maximum Gasteiger partial charge on any atom is 0.257 e. The number of benzene rings is 1. The minimum atomic E-state index is -0.719. The summed E-state index contributed by atoms with van der Waals surface area (Å²) in [5, 5.41) is 16.6. The van der Waals surface area contributed by atoms with Gasteiger partial charge in [-0.15, -0.1) is 0 Å². The summed E-state index contributed by atoms with van der Waals surface area (Å²) < 4.78 is 5.37. The number of para-hydroxylation sites is 1. The van der Waals surface area contributed by atoms with Gasteiger partial charge in [0.2, 0.25) is 0 Å². The van der Waals surface area contributed by atoms with Gasteiger partial charge in [-0.25, -0.2) is 0 Å². The van der Waals surface area contributed by atoms with Gasteiger partial charge in [-0.3, -0.25) is 14.4 Å². The van der Waals surface area contributed by atoms with E-state index in [0.29, 0.717) is 17.2 Å². The molecule has 0 aliphatic rings. The number of hydrogen-bond donors (Lipinski definition) is 3. The Kier molecular flexibility index (Phi) is 5.65. The number of halogens is 1. The normalized spacial score (nSPS) is 12.0. The molecule has 0 saturated heterocycles. The number of nitrogens with zero attached hydrogens (tertiary/aromatic N) is 1. The molecule has 0 unspecified atom stereocenters. The third-order valence-corrected chi connectivity index (χ3v) is 4.70. The second-order valence-corrected chi connectivity index (χ2v) is 7.14. The summed E-state index contributed by atoms with van der Waals surface area (Å²) in [6.07, 6.45) is 1.95. The number of carbonyl (C=O) groups is 1. The predicted octanol–water partition coefficient (Wildman–Crippen LogP) is 3.24. The Balaban J connectivity index is 1.90. The fourth-order valence-corrected chi connectivity index (χ4v) is 3.05. The lowest BCUT2D eigenvalue weighted by molar-refractivity contribution is 0.0824. The van der Waals surface area contributed by atoms with Crippen LogP contribution in [0.4, 0.5) is 17.1 Å². The van der Waals surface area contributed by atoms with Gasteiger partial charge < -0.3 is 25.1 Å². The minimum Gasteiger partial charge on any atom is -0.505 e. The van der Waals surface area contributed by atoms with Gasteiger partial charge in [0, 0.05) is 20.2 Å². The first-order valence-electron chi connectivity index (χ1n) is 8.89. The average Bonchev–Trinajstić information content (AvgIpc) is 3.13. The molecule has 3 rings (SSSR count). The molecule has 0 aliphatic carbocycles. The van der Waals surface area contributed by atoms with Crippen molar-refractivity contribution in [1.82, 2.24) is 4.90 Å². The zero-order valence-corrected chi connectivity index (χ0v) is 16.8. The van der Waals surface area contributed by atoms with E-state index in [-0.39, 0.29) is 34.4 Å². The Hall–Kier alpha value is -3.26. The molecule has 29 heavy (non-hydrogen) atoms. The van der Waals surface area contributed by atoms with Crippen LogP contribution in [0.2, 0.25) is 5.02 Å². The van der Waals surface area contributed by atoms with E-state index in [1.807, 2.05) is 6.92 Å². The largest absolute Gasteiger partial charge is 0.505 e. The number of hydrogen-bond acceptors (Lipinski definition) is 7. The molecule has 3 N–H and O–H groups in total. The van der Waals surface area contributed by atoms with Gasteiger partial charge >= 0.3 is 0 Å². The number of phenolic OH excluding ortho intramolecular Hbond substituents is 1. The summed E-state index contributed by atoms with van der Waals surface area (Å²) in [5.74, 6) is -0.178. The lowest BCUT2D eigenvalue weighted by Crippen LogP contribution is -2.37. The van der Waals surface area contributed by atoms with E-state index >= 15 is 0 Å². The van der Waals surface area contributed by atoms with Gasteiger partial charge in [0.05, 0.1) is 22.3 Å². The van der Waals surface area contributed by atoms with Gasteiger partial charge in [-0.05, 0) is 18.6 Å². The molecule has 9 heteroatoms. The van der Waals surface area contributed by atoms with Gasteiger partial charge in [-0.1, -0.05) is 24.6 Å². The fraction of sp³-hybridized carbons (Fsp3) is 0.250. The first-order chi connectivity index (χ1) is 13.7. The minimum absolute atomic E-state index is 0.0101. The number of amides is 1. The van der Waals surface area contributed by atoms with Gasteiger partial charge in [0.25, 0.3) is 16.8 Å². The highest BCUT2D eigenvalue weighted by Crippen LogP contribution is 2.33. The van der Waals surface area contributed by atoms with E-state index in [1.54, 1.807) is 26.2 Å². The van der Waals surface area contributed by atoms with Crippen LogP contribution in [-0.4, -0.2) is 30.0 Å². The molecular weight excluding hydrogens is 398 g/mol. The van der Waals surface area contributed by atoms with Crippen molar-refractivity contribution >= 4 is 34.6 Å². The van der Waals surface area contributed by atoms with E-state index in [4.69, 9.17) is 16.0 Å². The summed E-state index contributed by atoms with van der Waals surface area (Å²) in [5.41, 5.74) is -1.09. The molecule has 0 fully saturated rings. The van der Waals surface area contributed by atoms with E-state index in [9.17, 15) is 19.5 Å². The first kappa shape index (κ1) is 20.5. The van der Waals surface area contributed by atoms with Crippen molar-refractivity contribution in [3.63, 3.8) is 0 Å². The Morgan fingerprint density at radius 2 is 1.93 bits per heavy atom. The van der Waals surface area contributed by atoms with Crippen LogP contribution in [0.25, 0.3) is 0 Å². The number of aromatic hydroxyl groups is 1. The second kappa shape index (κ2) is 8.00. The Bertz CT molecular complexity index is 1130. The molecular formula is C20H20ClN3O5. The third kappa shape index (κ3) is 3.84. The Morgan fingerprint density at radius 3 is 2.52 bits per heavy atom. The summed E-state index contributed by atoms with van der Waals surface area (Å²) >= 11 is 5.89. The Labute approximate surface area is 171 Å². The number of nitrogens with one attached hydrogen (secondary N) is 2. The molecule has 1 amide bonds. The molecule has 3 aromatic rings. The number of anilines is 3. The molecule has 8 nitrogen and oxygen atoms in total. The van der Waals surface area contributed by atoms with Crippen molar-refractivity contribution in [2.75, 3.05) is 24.7 Å². The first-order valence-corrected chi connectivity index (χ1v) is 9.26. The molecule has 1 atom stereocenters. The van der Waals surface area contributed by atoms with Crippen molar-refractivity contribution in [3.8, 4) is 5.75 Å². The molecule has 2 aromatic carbocycles. The average molecular weight is 418 g/mol. The summed E-state index contributed by atoms with van der Waals surface area (Å²) in [6.45, 7) is 1.88.